The minimum atomic E-state index is -0.334. The molecule has 1 rings (SSSR count). The van der Waals surface area contributed by atoms with Crippen LogP contribution in [0.25, 0.3) is 0 Å². The predicted molar refractivity (Wildman–Crippen MR) is 40.7 cm³/mol. The molecular weight excluding hydrogens is 146 g/mol. The van der Waals surface area contributed by atoms with Gasteiger partial charge in [0.2, 0.25) is 0 Å². The van der Waals surface area contributed by atoms with E-state index in [4.69, 9.17) is 0 Å². The maximum absolute atomic E-state index is 11.1. The number of aromatic nitrogens is 3. The fourth-order valence-corrected chi connectivity index (χ4v) is 0.949. The highest BCUT2D eigenvalue weighted by Gasteiger charge is 2.03. The summed E-state index contributed by atoms with van der Waals surface area (Å²) in [6, 6.07) is 0. The summed E-state index contributed by atoms with van der Waals surface area (Å²) in [4.78, 5) is 22.1. The van der Waals surface area contributed by atoms with E-state index in [0.717, 1.165) is 4.57 Å². The summed E-state index contributed by atoms with van der Waals surface area (Å²) in [5.41, 5.74) is -0.598. The van der Waals surface area contributed by atoms with Gasteiger partial charge < -0.3 is 0 Å². The molecule has 1 heterocycles. The molecule has 11 heavy (non-hydrogen) atoms. The summed E-state index contributed by atoms with van der Waals surface area (Å²) < 4.78 is 2.44. The molecule has 1 aromatic heterocycles. The molecule has 1 aromatic rings. The van der Waals surface area contributed by atoms with E-state index in [-0.39, 0.29) is 11.4 Å². The molecule has 0 saturated carbocycles. The van der Waals surface area contributed by atoms with Gasteiger partial charge in [0.05, 0.1) is 0 Å². The molecule has 5 nitrogen and oxygen atoms in total. The van der Waals surface area contributed by atoms with Gasteiger partial charge in [-0.3, -0.25) is 0 Å². The van der Waals surface area contributed by atoms with Gasteiger partial charge in [-0.15, -0.1) is 0 Å². The van der Waals surface area contributed by atoms with Crippen LogP contribution in [0.2, 0.25) is 0 Å². The summed E-state index contributed by atoms with van der Waals surface area (Å²) in [6.45, 7) is 4.48. The maximum Gasteiger partial charge on any atom is 0.346 e. The van der Waals surface area contributed by atoms with Gasteiger partial charge in [0.25, 0.3) is 0 Å². The van der Waals surface area contributed by atoms with Gasteiger partial charge in [0.1, 0.15) is 0 Å². The lowest BCUT2D eigenvalue weighted by Gasteiger charge is -1.90. The normalized spacial score (nSPS) is 10.4. The fourth-order valence-electron chi connectivity index (χ4n) is 0.949. The Morgan fingerprint density at radius 3 is 2.18 bits per heavy atom. The van der Waals surface area contributed by atoms with E-state index < -0.39 is 0 Å². The number of hydrogen-bond acceptors (Lipinski definition) is 2. The zero-order chi connectivity index (χ0) is 8.43. The molecule has 0 amide bonds. The quantitative estimate of drug-likeness (QED) is 0.621. The number of nitrogens with one attached hydrogen (secondary N) is 1. The van der Waals surface area contributed by atoms with Gasteiger partial charge in [-0.05, 0) is 13.8 Å². The van der Waals surface area contributed by atoms with Gasteiger partial charge in [-0.2, -0.15) is 0 Å². The first-order valence-corrected chi connectivity index (χ1v) is 3.60. The van der Waals surface area contributed by atoms with E-state index in [9.17, 15) is 9.59 Å². The zero-order valence-electron chi connectivity index (χ0n) is 6.63. The first-order valence-electron chi connectivity index (χ1n) is 3.60. The lowest BCUT2D eigenvalue weighted by atomic mass is 10.7. The van der Waals surface area contributed by atoms with Gasteiger partial charge in [-0.1, -0.05) is 0 Å². The van der Waals surface area contributed by atoms with Crippen LogP contribution in [0.1, 0.15) is 13.8 Å². The number of nitrogens with zero attached hydrogens (tertiary/aromatic N) is 2. The molecule has 1 N–H and O–H groups in total. The third kappa shape index (κ3) is 1.13. The fraction of sp³-hybridized carbons (Fsp3) is 0.667. The van der Waals surface area contributed by atoms with Crippen molar-refractivity contribution in [2.45, 2.75) is 26.9 Å². The average molecular weight is 157 g/mol. The number of aryl methyl sites for hydroxylation is 1. The molecule has 5 heteroatoms. The van der Waals surface area contributed by atoms with Gasteiger partial charge >= 0.3 is 11.4 Å². The van der Waals surface area contributed by atoms with E-state index in [2.05, 4.69) is 5.10 Å². The predicted octanol–water partition coefficient (Wildman–Crippen LogP) is -0.622. The lowest BCUT2D eigenvalue weighted by Crippen LogP contribution is -2.27. The van der Waals surface area contributed by atoms with Crippen LogP contribution in [0.4, 0.5) is 0 Å². The van der Waals surface area contributed by atoms with E-state index in [0.29, 0.717) is 13.1 Å². The minimum Gasteiger partial charge on any atom is -0.246 e. The van der Waals surface area contributed by atoms with Crippen LogP contribution in [0.5, 0.6) is 0 Å². The van der Waals surface area contributed by atoms with Crippen molar-refractivity contribution in [3.63, 3.8) is 0 Å². The van der Waals surface area contributed by atoms with Crippen LogP contribution in [0, 0.1) is 0 Å². The highest BCUT2D eigenvalue weighted by atomic mass is 16.2. The largest absolute Gasteiger partial charge is 0.346 e. The molecule has 0 aliphatic rings. The maximum atomic E-state index is 11.1. The van der Waals surface area contributed by atoms with Crippen LogP contribution in [0.15, 0.2) is 9.59 Å². The Labute approximate surface area is 63.3 Å². The van der Waals surface area contributed by atoms with E-state index >= 15 is 0 Å². The van der Waals surface area contributed by atoms with Gasteiger partial charge in [0, 0.05) is 13.1 Å². The summed E-state index contributed by atoms with van der Waals surface area (Å²) >= 11 is 0. The molecule has 0 aromatic carbocycles. The average Bonchev–Trinajstić information content (AvgIpc) is 2.26. The van der Waals surface area contributed by atoms with Crippen molar-refractivity contribution in [3.8, 4) is 0 Å². The lowest BCUT2D eigenvalue weighted by molar-refractivity contribution is 0.611. The van der Waals surface area contributed by atoms with Crippen LogP contribution in [0.3, 0.4) is 0 Å². The molecule has 0 unspecified atom stereocenters. The monoisotopic (exact) mass is 157 g/mol. The van der Waals surface area contributed by atoms with Gasteiger partial charge in [-0.25, -0.2) is 23.9 Å². The number of H-pyrrole nitrogens is 1. The molecular formula is C6H11N3O2. The molecule has 62 valence electrons. The van der Waals surface area contributed by atoms with Crippen LogP contribution in [-0.4, -0.2) is 14.3 Å². The topological polar surface area (TPSA) is 59.8 Å². The standard InChI is InChI=1S/C6H11N3O2/c1-3-8-5(10)7-9(4-2)6(8)11/h3-4H2,1-2H3,(H,7,10). The minimum absolute atomic E-state index is 0.264. The van der Waals surface area contributed by atoms with E-state index in [1.807, 2.05) is 0 Å². The van der Waals surface area contributed by atoms with Crippen LogP contribution >= 0.6 is 0 Å². The van der Waals surface area contributed by atoms with Crippen molar-refractivity contribution in [1.29, 1.82) is 0 Å². The molecule has 0 radical (unpaired) electrons. The second kappa shape index (κ2) is 2.77. The zero-order valence-corrected chi connectivity index (χ0v) is 6.63. The molecule has 0 aliphatic carbocycles. The summed E-state index contributed by atoms with van der Waals surface area (Å²) in [5.74, 6) is 0. The highest BCUT2D eigenvalue weighted by Crippen LogP contribution is 1.71. The van der Waals surface area contributed by atoms with E-state index in [1.165, 1.54) is 4.68 Å². The Hall–Kier alpha value is -1.26. The van der Waals surface area contributed by atoms with E-state index in [1.54, 1.807) is 13.8 Å². The first-order chi connectivity index (χ1) is 5.20. The van der Waals surface area contributed by atoms with Crippen molar-refractivity contribution in [1.82, 2.24) is 14.3 Å². The highest BCUT2D eigenvalue weighted by molar-refractivity contribution is 4.68. The van der Waals surface area contributed by atoms with Crippen molar-refractivity contribution in [2.24, 2.45) is 0 Å². The number of aromatic amines is 1. The van der Waals surface area contributed by atoms with Crippen molar-refractivity contribution in [2.75, 3.05) is 0 Å². The van der Waals surface area contributed by atoms with Crippen molar-refractivity contribution < 1.29 is 0 Å². The molecule has 0 spiro atoms. The summed E-state index contributed by atoms with van der Waals surface area (Å²) in [6.07, 6.45) is 0. The molecule has 0 bridgehead atoms. The van der Waals surface area contributed by atoms with Crippen LogP contribution in [-0.2, 0) is 13.1 Å². The molecule has 0 saturated heterocycles. The summed E-state index contributed by atoms with van der Waals surface area (Å²) in [5, 5.41) is 2.43. The van der Waals surface area contributed by atoms with Crippen molar-refractivity contribution >= 4 is 0 Å². The second-order valence-corrected chi connectivity index (χ2v) is 2.19. The number of rotatable bonds is 2. The SMILES string of the molecule is CCn1[nH]c(=O)n(CC)c1=O. The third-order valence-corrected chi connectivity index (χ3v) is 1.57. The summed E-state index contributed by atoms with van der Waals surface area (Å²) in [7, 11) is 0. The van der Waals surface area contributed by atoms with Crippen molar-refractivity contribution in [3.05, 3.63) is 21.0 Å². The Morgan fingerprint density at radius 1 is 1.27 bits per heavy atom. The smallest absolute Gasteiger partial charge is 0.246 e. The number of hydrogen-bond donors (Lipinski definition) is 1. The van der Waals surface area contributed by atoms with Gasteiger partial charge in [0.15, 0.2) is 0 Å². The Kier molecular flexibility index (Phi) is 1.98. The first kappa shape index (κ1) is 7.84. The molecule has 0 aliphatic heterocycles. The Balaban J connectivity index is 3.37. The third-order valence-electron chi connectivity index (χ3n) is 1.57. The Morgan fingerprint density at radius 2 is 1.91 bits per heavy atom. The van der Waals surface area contributed by atoms with Crippen LogP contribution < -0.4 is 11.4 Å². The molecule has 0 atom stereocenters. The molecule has 0 fully saturated rings. The second-order valence-electron chi connectivity index (χ2n) is 2.19. The Bertz CT molecular complexity index is 343.